The average Bonchev–Trinajstić information content (AvgIpc) is 3.09. The van der Waals surface area contributed by atoms with Gasteiger partial charge in [-0.25, -0.2) is 4.98 Å². The Kier molecular flexibility index (Phi) is 4.59. The van der Waals surface area contributed by atoms with E-state index in [1.165, 1.54) is 23.4 Å². The highest BCUT2D eigenvalue weighted by Crippen LogP contribution is 2.20. The molecule has 21 heavy (non-hydrogen) atoms. The number of nitrogens with one attached hydrogen (secondary N) is 1. The van der Waals surface area contributed by atoms with Gasteiger partial charge in [-0.1, -0.05) is 0 Å². The summed E-state index contributed by atoms with van der Waals surface area (Å²) in [5, 5.41) is 13.5. The quantitative estimate of drug-likeness (QED) is 0.850. The standard InChI is InChI=1S/C15H24N4OS/c1-11-9-19-14(12(2)17-15(19)21-11)8-16-7-13(20)10-18-5-3-4-6-18/h9,13,16,20H,3-8,10H2,1-2H3. The average molecular weight is 308 g/mol. The number of hydrogen-bond acceptors (Lipinski definition) is 5. The van der Waals surface area contributed by atoms with Crippen molar-refractivity contribution < 1.29 is 5.11 Å². The molecule has 116 valence electrons. The first-order valence-electron chi connectivity index (χ1n) is 7.68. The molecule has 1 saturated heterocycles. The molecule has 1 unspecified atom stereocenters. The summed E-state index contributed by atoms with van der Waals surface area (Å²) in [6.07, 6.45) is 4.38. The molecule has 0 saturated carbocycles. The van der Waals surface area contributed by atoms with E-state index in [0.717, 1.165) is 36.8 Å². The minimum absolute atomic E-state index is 0.295. The number of rotatable bonds is 6. The monoisotopic (exact) mass is 308 g/mol. The van der Waals surface area contributed by atoms with E-state index in [1.54, 1.807) is 11.3 Å². The Bertz CT molecular complexity index is 600. The van der Waals surface area contributed by atoms with Crippen molar-refractivity contribution in [2.45, 2.75) is 39.3 Å². The van der Waals surface area contributed by atoms with E-state index in [0.29, 0.717) is 6.54 Å². The van der Waals surface area contributed by atoms with E-state index >= 15 is 0 Å². The van der Waals surface area contributed by atoms with Gasteiger partial charge < -0.3 is 15.3 Å². The van der Waals surface area contributed by atoms with E-state index in [9.17, 15) is 5.11 Å². The topological polar surface area (TPSA) is 52.8 Å². The smallest absolute Gasteiger partial charge is 0.194 e. The lowest BCUT2D eigenvalue weighted by molar-refractivity contribution is 0.123. The highest BCUT2D eigenvalue weighted by Gasteiger charge is 2.16. The molecule has 1 aliphatic rings. The molecule has 5 nitrogen and oxygen atoms in total. The molecule has 2 aromatic heterocycles. The molecular formula is C15H24N4OS. The van der Waals surface area contributed by atoms with Crippen LogP contribution >= 0.6 is 11.3 Å². The molecule has 1 aliphatic heterocycles. The first-order valence-corrected chi connectivity index (χ1v) is 8.50. The number of aliphatic hydroxyl groups is 1. The molecule has 1 fully saturated rings. The maximum Gasteiger partial charge on any atom is 0.194 e. The molecule has 0 aliphatic carbocycles. The third-order valence-electron chi connectivity index (χ3n) is 4.08. The fourth-order valence-corrected chi connectivity index (χ4v) is 3.90. The Morgan fingerprint density at radius 1 is 1.38 bits per heavy atom. The molecule has 6 heteroatoms. The van der Waals surface area contributed by atoms with Crippen molar-refractivity contribution in [3.63, 3.8) is 0 Å². The van der Waals surface area contributed by atoms with Gasteiger partial charge in [-0.2, -0.15) is 0 Å². The largest absolute Gasteiger partial charge is 0.390 e. The molecule has 3 rings (SSSR count). The zero-order valence-corrected chi connectivity index (χ0v) is 13.6. The summed E-state index contributed by atoms with van der Waals surface area (Å²) in [6, 6.07) is 0. The fraction of sp³-hybridized carbons (Fsp3) is 0.667. The number of aryl methyl sites for hydroxylation is 2. The van der Waals surface area contributed by atoms with E-state index in [4.69, 9.17) is 0 Å². The lowest BCUT2D eigenvalue weighted by Crippen LogP contribution is -2.37. The number of hydrogen-bond donors (Lipinski definition) is 2. The van der Waals surface area contributed by atoms with Gasteiger partial charge in [-0.15, -0.1) is 11.3 Å². The number of nitrogens with zero attached hydrogens (tertiary/aromatic N) is 3. The van der Waals surface area contributed by atoms with Gasteiger partial charge in [0.2, 0.25) is 0 Å². The van der Waals surface area contributed by atoms with Crippen LogP contribution in [0.1, 0.15) is 29.1 Å². The van der Waals surface area contributed by atoms with Crippen LogP contribution in [0, 0.1) is 13.8 Å². The van der Waals surface area contributed by atoms with Gasteiger partial charge in [0.15, 0.2) is 4.96 Å². The normalized spacial score (nSPS) is 17.9. The van der Waals surface area contributed by atoms with Crippen molar-refractivity contribution in [3.05, 3.63) is 22.5 Å². The predicted molar refractivity (Wildman–Crippen MR) is 85.9 cm³/mol. The van der Waals surface area contributed by atoms with Crippen molar-refractivity contribution in [1.82, 2.24) is 19.6 Å². The van der Waals surface area contributed by atoms with Gasteiger partial charge in [0.1, 0.15) is 0 Å². The lowest BCUT2D eigenvalue weighted by atomic mass is 10.3. The maximum atomic E-state index is 10.1. The van der Waals surface area contributed by atoms with Crippen molar-refractivity contribution >= 4 is 16.3 Å². The van der Waals surface area contributed by atoms with Crippen LogP contribution < -0.4 is 5.32 Å². The van der Waals surface area contributed by atoms with Gasteiger partial charge in [-0.3, -0.25) is 4.40 Å². The zero-order valence-electron chi connectivity index (χ0n) is 12.8. The molecule has 0 radical (unpaired) electrons. The van der Waals surface area contributed by atoms with Crippen LogP contribution in [-0.4, -0.2) is 51.7 Å². The van der Waals surface area contributed by atoms with Crippen LogP contribution in [0.2, 0.25) is 0 Å². The van der Waals surface area contributed by atoms with Crippen LogP contribution in [0.15, 0.2) is 6.20 Å². The Balaban J connectivity index is 1.52. The molecule has 0 aromatic carbocycles. The van der Waals surface area contributed by atoms with E-state index in [1.807, 2.05) is 6.92 Å². The second-order valence-corrected chi connectivity index (χ2v) is 7.14. The van der Waals surface area contributed by atoms with Crippen LogP contribution in [0.5, 0.6) is 0 Å². The van der Waals surface area contributed by atoms with E-state index < -0.39 is 0 Å². The summed E-state index contributed by atoms with van der Waals surface area (Å²) >= 11 is 1.72. The molecule has 3 heterocycles. The summed E-state index contributed by atoms with van der Waals surface area (Å²) in [5.41, 5.74) is 2.27. The van der Waals surface area contributed by atoms with Gasteiger partial charge in [-0.05, 0) is 39.8 Å². The molecule has 0 spiro atoms. The summed E-state index contributed by atoms with van der Waals surface area (Å²) in [4.78, 5) is 9.26. The highest BCUT2D eigenvalue weighted by atomic mass is 32.1. The van der Waals surface area contributed by atoms with E-state index in [2.05, 4.69) is 32.7 Å². The number of β-amino-alcohol motifs (C(OH)–C–C–N with tert-alkyl or cyclic N) is 1. The summed E-state index contributed by atoms with van der Waals surface area (Å²) in [6.45, 7) is 8.58. The third kappa shape index (κ3) is 3.45. The van der Waals surface area contributed by atoms with Crippen molar-refractivity contribution in [2.75, 3.05) is 26.2 Å². The number of likely N-dealkylation sites (tertiary alicyclic amines) is 1. The number of imidazole rings is 1. The lowest BCUT2D eigenvalue weighted by Gasteiger charge is -2.19. The summed E-state index contributed by atoms with van der Waals surface area (Å²) in [7, 11) is 0. The Labute approximate surface area is 129 Å². The minimum atomic E-state index is -0.295. The van der Waals surface area contributed by atoms with Crippen LogP contribution in [-0.2, 0) is 6.54 Å². The minimum Gasteiger partial charge on any atom is -0.390 e. The third-order valence-corrected chi connectivity index (χ3v) is 4.98. The number of aromatic nitrogens is 2. The Morgan fingerprint density at radius 2 is 2.14 bits per heavy atom. The van der Waals surface area contributed by atoms with Crippen LogP contribution in [0.4, 0.5) is 0 Å². The molecule has 1 atom stereocenters. The molecular weight excluding hydrogens is 284 g/mol. The van der Waals surface area contributed by atoms with Crippen LogP contribution in [0.3, 0.4) is 0 Å². The predicted octanol–water partition coefficient (Wildman–Crippen LogP) is 1.56. The van der Waals surface area contributed by atoms with Gasteiger partial charge >= 0.3 is 0 Å². The first-order chi connectivity index (χ1) is 10.1. The van der Waals surface area contributed by atoms with Gasteiger partial charge in [0.25, 0.3) is 0 Å². The molecule has 0 bridgehead atoms. The Hall–Kier alpha value is -0.950. The second-order valence-electron chi connectivity index (χ2n) is 5.93. The Morgan fingerprint density at radius 3 is 2.90 bits per heavy atom. The van der Waals surface area contributed by atoms with Crippen LogP contribution in [0.25, 0.3) is 4.96 Å². The van der Waals surface area contributed by atoms with Gasteiger partial charge in [0, 0.05) is 30.7 Å². The van der Waals surface area contributed by atoms with Crippen molar-refractivity contribution in [2.24, 2.45) is 0 Å². The highest BCUT2D eigenvalue weighted by molar-refractivity contribution is 7.17. The number of thiazole rings is 1. The fourth-order valence-electron chi connectivity index (χ4n) is 3.01. The SMILES string of the molecule is Cc1cn2c(CNCC(O)CN3CCCC3)c(C)nc2s1. The summed E-state index contributed by atoms with van der Waals surface area (Å²) in [5.74, 6) is 0. The second kappa shape index (κ2) is 6.44. The maximum absolute atomic E-state index is 10.1. The molecule has 2 aromatic rings. The number of fused-ring (bicyclic) bond motifs is 1. The van der Waals surface area contributed by atoms with Crippen molar-refractivity contribution in [3.8, 4) is 0 Å². The molecule has 2 N–H and O–H groups in total. The van der Waals surface area contributed by atoms with Gasteiger partial charge in [0.05, 0.1) is 17.5 Å². The summed E-state index contributed by atoms with van der Waals surface area (Å²) < 4.78 is 2.16. The number of aliphatic hydroxyl groups excluding tert-OH is 1. The first kappa shape index (κ1) is 15.0. The zero-order chi connectivity index (χ0) is 14.8. The van der Waals surface area contributed by atoms with Crippen molar-refractivity contribution in [1.29, 1.82) is 0 Å². The molecule has 0 amide bonds. The van der Waals surface area contributed by atoms with E-state index in [-0.39, 0.29) is 6.10 Å².